The largest absolute Gasteiger partial charge is 0.291 e. The third-order valence-corrected chi connectivity index (χ3v) is 5.34. The van der Waals surface area contributed by atoms with Gasteiger partial charge in [0.05, 0.1) is 20.3 Å². The van der Waals surface area contributed by atoms with E-state index in [1.807, 2.05) is 0 Å². The number of ketones is 1. The van der Waals surface area contributed by atoms with Crippen molar-refractivity contribution in [2.75, 3.05) is 6.54 Å². The number of rotatable bonds is 6. The lowest BCUT2D eigenvalue weighted by Gasteiger charge is -2.11. The van der Waals surface area contributed by atoms with Gasteiger partial charge in [0.25, 0.3) is 11.8 Å². The quantitative estimate of drug-likeness (QED) is 0.463. The Kier molecular flexibility index (Phi) is 4.54. The van der Waals surface area contributed by atoms with E-state index in [0.29, 0.717) is 26.2 Å². The highest BCUT2D eigenvalue weighted by molar-refractivity contribution is 7.18. The van der Waals surface area contributed by atoms with Gasteiger partial charge in [-0.2, -0.15) is 4.80 Å². The van der Waals surface area contributed by atoms with E-state index in [0.717, 1.165) is 0 Å². The molecule has 0 N–H and O–H groups in total. The lowest BCUT2D eigenvalue weighted by Crippen LogP contribution is -2.32. The highest BCUT2D eigenvalue weighted by Gasteiger charge is 2.34. The van der Waals surface area contributed by atoms with Crippen molar-refractivity contribution >= 4 is 40.5 Å². The van der Waals surface area contributed by atoms with Crippen LogP contribution in [0.2, 0.25) is 4.34 Å². The Bertz CT molecular complexity index is 1030. The van der Waals surface area contributed by atoms with E-state index in [9.17, 15) is 14.4 Å². The zero-order chi connectivity index (χ0) is 19.0. The summed E-state index contributed by atoms with van der Waals surface area (Å²) < 4.78 is 0.534. The molecule has 1 aromatic carbocycles. The van der Waals surface area contributed by atoms with Crippen LogP contribution in [0.1, 0.15) is 36.2 Å². The van der Waals surface area contributed by atoms with Crippen molar-refractivity contribution in [3.05, 3.63) is 62.6 Å². The summed E-state index contributed by atoms with van der Waals surface area (Å²) in [5, 5.41) is 11.9. The van der Waals surface area contributed by atoms with Gasteiger partial charge in [-0.1, -0.05) is 23.7 Å². The van der Waals surface area contributed by atoms with Gasteiger partial charge in [0.2, 0.25) is 0 Å². The number of tetrazole rings is 1. The number of benzene rings is 1. The first-order valence-electron chi connectivity index (χ1n) is 8.03. The van der Waals surface area contributed by atoms with Gasteiger partial charge < -0.3 is 0 Å². The fraction of sp³-hybridized carbons (Fsp3) is 0.176. The molecule has 0 saturated carbocycles. The van der Waals surface area contributed by atoms with E-state index in [2.05, 4.69) is 15.4 Å². The van der Waals surface area contributed by atoms with Crippen molar-refractivity contribution in [1.29, 1.82) is 0 Å². The van der Waals surface area contributed by atoms with Crippen molar-refractivity contribution < 1.29 is 14.4 Å². The van der Waals surface area contributed by atoms with Gasteiger partial charge in [-0.3, -0.25) is 19.3 Å². The summed E-state index contributed by atoms with van der Waals surface area (Å²) in [5.74, 6) is -0.472. The molecule has 0 saturated heterocycles. The van der Waals surface area contributed by atoms with Crippen LogP contribution in [0.3, 0.4) is 0 Å². The van der Waals surface area contributed by atoms with Crippen molar-refractivity contribution in [1.82, 2.24) is 25.1 Å². The molecule has 3 aromatic rings. The van der Waals surface area contributed by atoms with Gasteiger partial charge in [0.1, 0.15) is 6.54 Å². The van der Waals surface area contributed by atoms with Gasteiger partial charge in [-0.25, -0.2) is 0 Å². The van der Waals surface area contributed by atoms with Gasteiger partial charge >= 0.3 is 0 Å². The monoisotopic (exact) mass is 401 g/mol. The number of imide groups is 1. The molecule has 1 aliphatic rings. The van der Waals surface area contributed by atoms with Gasteiger partial charge in [-0.05, 0) is 29.5 Å². The Morgan fingerprint density at radius 1 is 1.07 bits per heavy atom. The Labute approximate surface area is 162 Å². The maximum Gasteiger partial charge on any atom is 0.261 e. The lowest BCUT2D eigenvalue weighted by molar-refractivity contribution is 0.0655. The minimum atomic E-state index is -0.326. The second-order valence-corrected chi connectivity index (χ2v) is 7.54. The fourth-order valence-corrected chi connectivity index (χ4v) is 3.74. The minimum absolute atomic E-state index is 0.0587. The molecule has 27 heavy (non-hydrogen) atoms. The number of hydrogen-bond donors (Lipinski definition) is 0. The van der Waals surface area contributed by atoms with E-state index < -0.39 is 0 Å². The molecule has 0 unspecified atom stereocenters. The molecule has 0 bridgehead atoms. The molecule has 4 rings (SSSR count). The maximum absolute atomic E-state index is 12.3. The van der Waals surface area contributed by atoms with Gasteiger partial charge in [0, 0.05) is 13.0 Å². The summed E-state index contributed by atoms with van der Waals surface area (Å²) in [4.78, 5) is 39.7. The van der Waals surface area contributed by atoms with Crippen LogP contribution in [0.25, 0.3) is 0 Å². The number of fused-ring (bicyclic) bond motifs is 1. The molecule has 0 aliphatic carbocycles. The molecule has 0 radical (unpaired) electrons. The summed E-state index contributed by atoms with van der Waals surface area (Å²) in [6.45, 7) is 0.0867. The molecule has 10 heteroatoms. The number of hydrogen-bond acceptors (Lipinski definition) is 7. The molecule has 2 amide bonds. The van der Waals surface area contributed by atoms with Crippen molar-refractivity contribution in [3.63, 3.8) is 0 Å². The van der Waals surface area contributed by atoms with E-state index in [1.165, 1.54) is 21.0 Å². The summed E-state index contributed by atoms with van der Waals surface area (Å²) in [5.41, 5.74) is 0.804. The zero-order valence-corrected chi connectivity index (χ0v) is 15.4. The van der Waals surface area contributed by atoms with Crippen molar-refractivity contribution in [2.24, 2.45) is 0 Å². The third kappa shape index (κ3) is 3.38. The average Bonchev–Trinajstić information content (AvgIpc) is 3.35. The second kappa shape index (κ2) is 7.01. The number of thiophene rings is 1. The minimum Gasteiger partial charge on any atom is -0.291 e. The van der Waals surface area contributed by atoms with Crippen LogP contribution in [-0.4, -0.2) is 49.2 Å². The summed E-state index contributed by atoms with van der Waals surface area (Å²) in [6.07, 6.45) is 0.254. The normalized spacial score (nSPS) is 13.3. The highest BCUT2D eigenvalue weighted by atomic mass is 35.5. The number of aromatic nitrogens is 4. The predicted molar refractivity (Wildman–Crippen MR) is 97.0 cm³/mol. The number of nitrogens with zero attached hydrogens (tertiary/aromatic N) is 5. The summed E-state index contributed by atoms with van der Waals surface area (Å²) in [6, 6.07) is 10.0. The Morgan fingerprint density at radius 3 is 2.41 bits per heavy atom. The maximum atomic E-state index is 12.3. The van der Waals surface area contributed by atoms with Crippen molar-refractivity contribution in [3.8, 4) is 0 Å². The summed E-state index contributed by atoms with van der Waals surface area (Å²) in [7, 11) is 0. The standard InChI is InChI=1S/C17H12ClN5O3S/c18-14-6-5-13(27-14)12(24)9-23-20-15(19-21-23)7-8-22-16(25)10-3-1-2-4-11(10)17(22)26/h1-6H,7-9H2. The van der Waals surface area contributed by atoms with E-state index in [-0.39, 0.29) is 37.1 Å². The fourth-order valence-electron chi connectivity index (χ4n) is 2.77. The van der Waals surface area contributed by atoms with Crippen LogP contribution in [0.4, 0.5) is 0 Å². The zero-order valence-electron chi connectivity index (χ0n) is 13.8. The molecule has 8 nitrogen and oxygen atoms in total. The average molecular weight is 402 g/mol. The lowest BCUT2D eigenvalue weighted by atomic mass is 10.1. The molecule has 2 aromatic heterocycles. The first-order chi connectivity index (χ1) is 13.0. The van der Waals surface area contributed by atoms with Crippen LogP contribution in [0.15, 0.2) is 36.4 Å². The third-order valence-electron chi connectivity index (χ3n) is 4.06. The molecule has 136 valence electrons. The van der Waals surface area contributed by atoms with E-state index in [4.69, 9.17) is 11.6 Å². The molecule has 1 aliphatic heterocycles. The topological polar surface area (TPSA) is 98.0 Å². The molecule has 0 atom stereocenters. The summed E-state index contributed by atoms with van der Waals surface area (Å²) >= 11 is 7.02. The van der Waals surface area contributed by atoms with Crippen molar-refractivity contribution in [2.45, 2.75) is 13.0 Å². The number of Topliss-reactive ketones (excluding diaryl/α,β-unsaturated/α-hetero) is 1. The number of carbonyl (C=O) groups is 3. The smallest absolute Gasteiger partial charge is 0.261 e. The Balaban J connectivity index is 1.38. The SMILES string of the molecule is O=C(Cn1nnc(CCN2C(=O)c3ccccc3C2=O)n1)c1ccc(Cl)s1. The highest BCUT2D eigenvalue weighted by Crippen LogP contribution is 2.23. The van der Waals surface area contributed by atoms with Gasteiger partial charge in [0.15, 0.2) is 11.6 Å². The van der Waals surface area contributed by atoms with Crippen LogP contribution < -0.4 is 0 Å². The number of halogens is 1. The first-order valence-corrected chi connectivity index (χ1v) is 9.23. The number of amides is 2. The Morgan fingerprint density at radius 2 is 1.78 bits per heavy atom. The molecular formula is C17H12ClN5O3S. The van der Waals surface area contributed by atoms with Crippen LogP contribution in [-0.2, 0) is 13.0 Å². The van der Waals surface area contributed by atoms with Crippen LogP contribution >= 0.6 is 22.9 Å². The molecule has 0 spiro atoms. The van der Waals surface area contributed by atoms with Crippen LogP contribution in [0.5, 0.6) is 0 Å². The molecular weight excluding hydrogens is 390 g/mol. The Hall–Kier alpha value is -2.91. The predicted octanol–water partition coefficient (Wildman–Crippen LogP) is 2.11. The van der Waals surface area contributed by atoms with Crippen LogP contribution in [0, 0.1) is 0 Å². The van der Waals surface area contributed by atoms with Gasteiger partial charge in [-0.15, -0.1) is 21.5 Å². The molecule has 0 fully saturated rings. The second-order valence-electron chi connectivity index (χ2n) is 5.82. The first kappa shape index (κ1) is 17.5. The van der Waals surface area contributed by atoms with E-state index >= 15 is 0 Å². The molecule has 3 heterocycles. The van der Waals surface area contributed by atoms with E-state index in [1.54, 1.807) is 36.4 Å². The number of carbonyl (C=O) groups excluding carboxylic acids is 3.